The number of carbonyl (C=O) groups is 1. The number of hydrogen-bond acceptors (Lipinski definition) is 5. The van der Waals surface area contributed by atoms with Crippen molar-refractivity contribution in [2.75, 3.05) is 19.0 Å². The number of methoxy groups -OCH3 is 1. The second kappa shape index (κ2) is 5.28. The molecule has 0 saturated carbocycles. The molecule has 1 aromatic heterocycles. The smallest absolute Gasteiger partial charge is 0.243 e. The number of hydrogen-bond donors (Lipinski definition) is 1. The molecule has 20 heavy (non-hydrogen) atoms. The van der Waals surface area contributed by atoms with Gasteiger partial charge in [0.25, 0.3) is 0 Å². The van der Waals surface area contributed by atoms with Crippen molar-refractivity contribution in [3.05, 3.63) is 47.9 Å². The number of rotatable bonds is 4. The number of carbonyl (C=O) groups excluding carboxylic acids is 1. The Morgan fingerprint density at radius 3 is 3.00 bits per heavy atom. The van der Waals surface area contributed by atoms with Crippen molar-refractivity contribution in [2.45, 2.75) is 12.3 Å². The second-order valence-corrected chi connectivity index (χ2v) is 4.71. The van der Waals surface area contributed by atoms with Crippen molar-refractivity contribution in [1.82, 2.24) is 9.97 Å². The molecular formula is C15H15N3O2. The number of benzene rings is 1. The van der Waals surface area contributed by atoms with Crippen LogP contribution in [0.25, 0.3) is 0 Å². The number of nitrogens with one attached hydrogen (secondary N) is 1. The van der Waals surface area contributed by atoms with E-state index in [1.54, 1.807) is 0 Å². The minimum Gasteiger partial charge on any atom is -0.479 e. The van der Waals surface area contributed by atoms with E-state index in [9.17, 15) is 4.79 Å². The number of aromatic nitrogens is 2. The highest BCUT2D eigenvalue weighted by Crippen LogP contribution is 2.34. The minimum atomic E-state index is -0.0431. The Kier molecular flexibility index (Phi) is 3.33. The highest BCUT2D eigenvalue weighted by atomic mass is 16.5. The predicted octanol–water partition coefficient (Wildman–Crippen LogP) is 2.27. The first-order valence-electron chi connectivity index (χ1n) is 6.50. The van der Waals surface area contributed by atoms with E-state index in [4.69, 9.17) is 4.74 Å². The maximum atomic E-state index is 12.4. The lowest BCUT2D eigenvalue weighted by molar-refractivity contribution is 0.0966. The Labute approximate surface area is 117 Å². The highest BCUT2D eigenvalue weighted by molar-refractivity contribution is 5.97. The standard InChI is InChI=1S/C15H15N3O2/c1-20-15-14(16-6-7-17-15)13(19)8-10-9-18-12-5-3-2-4-11(10)12/h2-7,10,18H,8-9H2,1H3. The summed E-state index contributed by atoms with van der Waals surface area (Å²) in [7, 11) is 1.49. The van der Waals surface area contributed by atoms with Crippen LogP contribution < -0.4 is 10.1 Å². The minimum absolute atomic E-state index is 0.0431. The van der Waals surface area contributed by atoms with Gasteiger partial charge < -0.3 is 10.1 Å². The molecule has 102 valence electrons. The van der Waals surface area contributed by atoms with Crippen LogP contribution in [0.5, 0.6) is 5.88 Å². The third-order valence-corrected chi connectivity index (χ3v) is 3.49. The quantitative estimate of drug-likeness (QED) is 0.863. The van der Waals surface area contributed by atoms with Gasteiger partial charge >= 0.3 is 0 Å². The summed E-state index contributed by atoms with van der Waals surface area (Å²) >= 11 is 0. The zero-order chi connectivity index (χ0) is 13.9. The van der Waals surface area contributed by atoms with Crippen LogP contribution in [0.15, 0.2) is 36.7 Å². The molecule has 5 heteroatoms. The summed E-state index contributed by atoms with van der Waals surface area (Å²) in [5, 5.41) is 3.32. The van der Waals surface area contributed by atoms with E-state index in [0.29, 0.717) is 12.1 Å². The summed E-state index contributed by atoms with van der Waals surface area (Å²) < 4.78 is 5.09. The van der Waals surface area contributed by atoms with Gasteiger partial charge in [-0.2, -0.15) is 0 Å². The van der Waals surface area contributed by atoms with Crippen LogP contribution in [0, 0.1) is 0 Å². The van der Waals surface area contributed by atoms with Gasteiger partial charge in [-0.05, 0) is 11.6 Å². The molecule has 5 nitrogen and oxygen atoms in total. The average molecular weight is 269 g/mol. The van der Waals surface area contributed by atoms with E-state index in [1.807, 2.05) is 18.2 Å². The van der Waals surface area contributed by atoms with Gasteiger partial charge in [0.2, 0.25) is 5.88 Å². The van der Waals surface area contributed by atoms with E-state index in [0.717, 1.165) is 12.2 Å². The van der Waals surface area contributed by atoms with E-state index in [-0.39, 0.29) is 17.6 Å². The monoisotopic (exact) mass is 269 g/mol. The summed E-state index contributed by atoms with van der Waals surface area (Å²) in [5.74, 6) is 0.417. The van der Waals surface area contributed by atoms with Crippen LogP contribution in [0.2, 0.25) is 0 Å². The van der Waals surface area contributed by atoms with Crippen LogP contribution in [0.3, 0.4) is 0 Å². The molecule has 0 amide bonds. The number of nitrogens with zero attached hydrogens (tertiary/aromatic N) is 2. The van der Waals surface area contributed by atoms with Crippen molar-refractivity contribution < 1.29 is 9.53 Å². The summed E-state index contributed by atoms with van der Waals surface area (Å²) in [6.45, 7) is 0.771. The number of anilines is 1. The first-order valence-corrected chi connectivity index (χ1v) is 6.50. The van der Waals surface area contributed by atoms with Gasteiger partial charge in [0.15, 0.2) is 11.5 Å². The zero-order valence-corrected chi connectivity index (χ0v) is 11.2. The lowest BCUT2D eigenvalue weighted by atomic mass is 9.95. The van der Waals surface area contributed by atoms with Gasteiger partial charge in [-0.1, -0.05) is 18.2 Å². The Hall–Kier alpha value is -2.43. The zero-order valence-electron chi connectivity index (χ0n) is 11.2. The van der Waals surface area contributed by atoms with Gasteiger partial charge in [0, 0.05) is 37.0 Å². The van der Waals surface area contributed by atoms with Crippen LogP contribution >= 0.6 is 0 Å². The maximum absolute atomic E-state index is 12.4. The molecule has 3 rings (SSSR count). The molecule has 1 N–H and O–H groups in total. The van der Waals surface area contributed by atoms with E-state index < -0.39 is 0 Å². The first-order chi connectivity index (χ1) is 9.79. The molecule has 1 atom stereocenters. The van der Waals surface area contributed by atoms with Gasteiger partial charge in [0.1, 0.15) is 0 Å². The van der Waals surface area contributed by atoms with Crippen LogP contribution in [-0.2, 0) is 0 Å². The van der Waals surface area contributed by atoms with Gasteiger partial charge in [-0.3, -0.25) is 4.79 Å². The topological polar surface area (TPSA) is 64.1 Å². The lowest BCUT2D eigenvalue weighted by Gasteiger charge is -2.10. The normalized spacial score (nSPS) is 16.4. The fraction of sp³-hybridized carbons (Fsp3) is 0.267. The van der Waals surface area contributed by atoms with Crippen molar-refractivity contribution in [2.24, 2.45) is 0 Å². The van der Waals surface area contributed by atoms with Crippen LogP contribution in [0.4, 0.5) is 5.69 Å². The van der Waals surface area contributed by atoms with E-state index in [2.05, 4.69) is 21.4 Å². The summed E-state index contributed by atoms with van der Waals surface area (Å²) in [4.78, 5) is 20.5. The summed E-state index contributed by atoms with van der Waals surface area (Å²) in [6, 6.07) is 8.07. The number of ketones is 1. The number of ether oxygens (including phenoxy) is 1. The lowest BCUT2D eigenvalue weighted by Crippen LogP contribution is -2.12. The van der Waals surface area contributed by atoms with Crippen LogP contribution in [0.1, 0.15) is 28.4 Å². The Morgan fingerprint density at radius 2 is 2.15 bits per heavy atom. The molecule has 0 bridgehead atoms. The molecule has 1 aliphatic rings. The molecular weight excluding hydrogens is 254 g/mol. The molecule has 0 saturated heterocycles. The summed E-state index contributed by atoms with van der Waals surface area (Å²) in [6.07, 6.45) is 3.43. The van der Waals surface area contributed by atoms with E-state index in [1.165, 1.54) is 25.1 Å². The largest absolute Gasteiger partial charge is 0.479 e. The van der Waals surface area contributed by atoms with Gasteiger partial charge in [-0.15, -0.1) is 0 Å². The molecule has 2 aromatic rings. The Morgan fingerprint density at radius 1 is 1.35 bits per heavy atom. The second-order valence-electron chi connectivity index (χ2n) is 4.71. The van der Waals surface area contributed by atoms with Crippen LogP contribution in [-0.4, -0.2) is 29.4 Å². The average Bonchev–Trinajstić information content (AvgIpc) is 2.90. The molecule has 0 fully saturated rings. The number of fused-ring (bicyclic) bond motifs is 1. The molecule has 1 aromatic carbocycles. The third-order valence-electron chi connectivity index (χ3n) is 3.49. The Balaban J connectivity index is 1.81. The van der Waals surface area contributed by atoms with Crippen molar-refractivity contribution >= 4 is 11.5 Å². The molecule has 0 aliphatic carbocycles. The predicted molar refractivity (Wildman–Crippen MR) is 75.2 cm³/mol. The molecule has 1 aliphatic heterocycles. The van der Waals surface area contributed by atoms with Crippen molar-refractivity contribution in [3.63, 3.8) is 0 Å². The molecule has 1 unspecified atom stereocenters. The highest BCUT2D eigenvalue weighted by Gasteiger charge is 2.26. The number of para-hydroxylation sites is 1. The number of Topliss-reactive ketones (excluding diaryl/α,β-unsaturated/α-hetero) is 1. The fourth-order valence-electron chi connectivity index (χ4n) is 2.53. The van der Waals surface area contributed by atoms with Gasteiger partial charge in [-0.25, -0.2) is 9.97 Å². The molecule has 2 heterocycles. The first kappa shape index (κ1) is 12.6. The van der Waals surface area contributed by atoms with E-state index >= 15 is 0 Å². The molecule has 0 spiro atoms. The third kappa shape index (κ3) is 2.22. The fourth-order valence-corrected chi connectivity index (χ4v) is 2.53. The van der Waals surface area contributed by atoms with Crippen molar-refractivity contribution in [1.29, 1.82) is 0 Å². The summed E-state index contributed by atoms with van der Waals surface area (Å²) in [5.41, 5.74) is 2.60. The molecule has 0 radical (unpaired) electrons. The van der Waals surface area contributed by atoms with Crippen molar-refractivity contribution in [3.8, 4) is 5.88 Å². The Bertz CT molecular complexity index is 643. The van der Waals surface area contributed by atoms with Gasteiger partial charge in [0.05, 0.1) is 7.11 Å². The SMILES string of the molecule is COc1nccnc1C(=O)CC1CNc2ccccc21. The maximum Gasteiger partial charge on any atom is 0.243 e.